The van der Waals surface area contributed by atoms with Crippen molar-refractivity contribution in [2.45, 2.75) is 0 Å². The third-order valence-corrected chi connectivity index (χ3v) is 5.16. The Bertz CT molecular complexity index is 983. The van der Waals surface area contributed by atoms with Crippen LogP contribution in [0.15, 0.2) is 65.1 Å². The first-order chi connectivity index (χ1) is 11.1. The number of nitrogens with zero attached hydrogens (tertiary/aromatic N) is 1. The lowest BCUT2D eigenvalue weighted by Gasteiger charge is -2.14. The minimum atomic E-state index is 0.392. The predicted molar refractivity (Wildman–Crippen MR) is 102 cm³/mol. The first-order valence-corrected chi connectivity index (χ1v) is 8.62. The van der Waals surface area contributed by atoms with Crippen LogP contribution in [0, 0.1) is 0 Å². The summed E-state index contributed by atoms with van der Waals surface area (Å²) in [5.41, 5.74) is 2.08. The van der Waals surface area contributed by atoms with Gasteiger partial charge in [0.1, 0.15) is 10.3 Å². The standard InChI is InChI=1S/C19H10BrCl2N/c20-19-14-7-3-1-5-12(14)18(13-6-2-4-8-15(13)19)11-9-16(21)23-17(22)10-11/h1-10H. The third kappa shape index (κ3) is 2.51. The molecule has 0 aliphatic rings. The van der Waals surface area contributed by atoms with Gasteiger partial charge in [-0.3, -0.25) is 0 Å². The molecule has 0 unspecified atom stereocenters. The average molecular weight is 403 g/mol. The highest BCUT2D eigenvalue weighted by atomic mass is 79.9. The molecule has 4 rings (SSSR count). The first-order valence-electron chi connectivity index (χ1n) is 7.07. The number of fused-ring (bicyclic) bond motifs is 2. The molecule has 112 valence electrons. The molecule has 1 nitrogen and oxygen atoms in total. The van der Waals surface area contributed by atoms with Gasteiger partial charge in [0.25, 0.3) is 0 Å². The highest BCUT2D eigenvalue weighted by Gasteiger charge is 2.14. The Hall–Kier alpha value is -1.61. The van der Waals surface area contributed by atoms with Crippen LogP contribution in [-0.2, 0) is 0 Å². The number of halogens is 3. The number of hydrogen-bond donors (Lipinski definition) is 0. The molecule has 0 bridgehead atoms. The van der Waals surface area contributed by atoms with Crippen molar-refractivity contribution in [1.29, 1.82) is 0 Å². The topological polar surface area (TPSA) is 12.9 Å². The molecule has 23 heavy (non-hydrogen) atoms. The lowest BCUT2D eigenvalue weighted by Crippen LogP contribution is -1.89. The van der Waals surface area contributed by atoms with Gasteiger partial charge in [-0.1, -0.05) is 71.7 Å². The summed E-state index contributed by atoms with van der Waals surface area (Å²) in [5.74, 6) is 0. The van der Waals surface area contributed by atoms with Crippen molar-refractivity contribution < 1.29 is 0 Å². The Labute approximate surface area is 152 Å². The van der Waals surface area contributed by atoms with Crippen molar-refractivity contribution >= 4 is 60.7 Å². The normalized spacial score (nSPS) is 11.3. The number of aromatic nitrogens is 1. The van der Waals surface area contributed by atoms with Crippen molar-refractivity contribution in [2.24, 2.45) is 0 Å². The van der Waals surface area contributed by atoms with Gasteiger partial charge in [0.15, 0.2) is 0 Å². The fraction of sp³-hybridized carbons (Fsp3) is 0. The minimum Gasteiger partial charge on any atom is -0.224 e. The molecule has 0 aliphatic heterocycles. The lowest BCUT2D eigenvalue weighted by atomic mass is 9.92. The Balaban J connectivity index is 2.25. The predicted octanol–water partition coefficient (Wildman–Crippen LogP) is 7.12. The Morgan fingerprint density at radius 2 is 1.13 bits per heavy atom. The molecule has 0 spiro atoms. The number of rotatable bonds is 1. The molecule has 3 aromatic carbocycles. The van der Waals surface area contributed by atoms with Gasteiger partial charge in [0.2, 0.25) is 0 Å². The molecule has 0 atom stereocenters. The third-order valence-electron chi connectivity index (χ3n) is 3.92. The van der Waals surface area contributed by atoms with Gasteiger partial charge in [0.05, 0.1) is 0 Å². The molecule has 4 heteroatoms. The van der Waals surface area contributed by atoms with Crippen LogP contribution in [0.25, 0.3) is 32.7 Å². The van der Waals surface area contributed by atoms with Crippen molar-refractivity contribution in [3.63, 3.8) is 0 Å². The van der Waals surface area contributed by atoms with E-state index in [0.29, 0.717) is 10.3 Å². The number of benzene rings is 3. The van der Waals surface area contributed by atoms with E-state index in [4.69, 9.17) is 23.2 Å². The van der Waals surface area contributed by atoms with Crippen LogP contribution in [0.4, 0.5) is 0 Å². The molecule has 1 aromatic heterocycles. The van der Waals surface area contributed by atoms with Gasteiger partial charge in [-0.15, -0.1) is 0 Å². The lowest BCUT2D eigenvalue weighted by molar-refractivity contribution is 1.33. The maximum atomic E-state index is 6.13. The largest absolute Gasteiger partial charge is 0.224 e. The fourth-order valence-corrected chi connectivity index (χ4v) is 4.15. The summed E-state index contributed by atoms with van der Waals surface area (Å²) < 4.78 is 1.10. The van der Waals surface area contributed by atoms with E-state index in [1.54, 1.807) is 0 Å². The molecular weight excluding hydrogens is 393 g/mol. The van der Waals surface area contributed by atoms with E-state index in [1.807, 2.05) is 36.4 Å². The zero-order valence-corrected chi connectivity index (χ0v) is 15.0. The monoisotopic (exact) mass is 401 g/mol. The van der Waals surface area contributed by atoms with Gasteiger partial charge >= 0.3 is 0 Å². The van der Waals surface area contributed by atoms with E-state index < -0.39 is 0 Å². The number of pyridine rings is 1. The summed E-state index contributed by atoms with van der Waals surface area (Å²) in [6.07, 6.45) is 0. The van der Waals surface area contributed by atoms with E-state index >= 15 is 0 Å². The van der Waals surface area contributed by atoms with Gasteiger partial charge in [0, 0.05) is 4.47 Å². The van der Waals surface area contributed by atoms with Crippen LogP contribution in [0.2, 0.25) is 10.3 Å². The van der Waals surface area contributed by atoms with Crippen molar-refractivity contribution in [3.05, 3.63) is 75.4 Å². The summed E-state index contributed by atoms with van der Waals surface area (Å²) in [7, 11) is 0. The van der Waals surface area contributed by atoms with Gasteiger partial charge in [-0.2, -0.15) is 0 Å². The number of hydrogen-bond acceptors (Lipinski definition) is 1. The Morgan fingerprint density at radius 3 is 1.61 bits per heavy atom. The molecule has 0 N–H and O–H groups in total. The summed E-state index contributed by atoms with van der Waals surface area (Å²) in [4.78, 5) is 4.06. The molecule has 1 heterocycles. The van der Waals surface area contributed by atoms with E-state index in [9.17, 15) is 0 Å². The van der Waals surface area contributed by atoms with Gasteiger partial charge in [-0.25, -0.2) is 4.98 Å². The fourth-order valence-electron chi connectivity index (χ4n) is 3.00. The summed E-state index contributed by atoms with van der Waals surface area (Å²) >= 11 is 16.0. The average Bonchev–Trinajstić information content (AvgIpc) is 2.54. The summed E-state index contributed by atoms with van der Waals surface area (Å²) in [6, 6.07) is 20.3. The highest BCUT2D eigenvalue weighted by Crippen LogP contribution is 2.42. The van der Waals surface area contributed by atoms with Gasteiger partial charge in [-0.05, 0) is 60.7 Å². The Morgan fingerprint density at radius 1 is 0.696 bits per heavy atom. The van der Waals surface area contributed by atoms with Crippen LogP contribution < -0.4 is 0 Å². The van der Waals surface area contributed by atoms with E-state index in [0.717, 1.165) is 37.1 Å². The molecule has 4 aromatic rings. The maximum absolute atomic E-state index is 6.13. The van der Waals surface area contributed by atoms with Crippen molar-refractivity contribution in [1.82, 2.24) is 4.98 Å². The molecule has 0 saturated heterocycles. The van der Waals surface area contributed by atoms with Crippen LogP contribution in [0.1, 0.15) is 0 Å². The minimum absolute atomic E-state index is 0.392. The Kier molecular flexibility index (Phi) is 3.76. The second kappa shape index (κ2) is 5.79. The summed E-state index contributed by atoms with van der Waals surface area (Å²) in [6.45, 7) is 0. The zero-order valence-electron chi connectivity index (χ0n) is 11.9. The second-order valence-corrected chi connectivity index (χ2v) is 6.85. The van der Waals surface area contributed by atoms with Crippen LogP contribution in [-0.4, -0.2) is 4.98 Å². The van der Waals surface area contributed by atoms with E-state index in [-0.39, 0.29) is 0 Å². The second-order valence-electron chi connectivity index (χ2n) is 5.28. The van der Waals surface area contributed by atoms with E-state index in [2.05, 4.69) is 45.2 Å². The highest BCUT2D eigenvalue weighted by molar-refractivity contribution is 9.10. The van der Waals surface area contributed by atoms with Crippen molar-refractivity contribution in [3.8, 4) is 11.1 Å². The smallest absolute Gasteiger partial charge is 0.131 e. The maximum Gasteiger partial charge on any atom is 0.131 e. The van der Waals surface area contributed by atoms with Crippen molar-refractivity contribution in [2.75, 3.05) is 0 Å². The zero-order chi connectivity index (χ0) is 16.0. The molecule has 0 fully saturated rings. The van der Waals surface area contributed by atoms with E-state index in [1.165, 1.54) is 0 Å². The quantitative estimate of drug-likeness (QED) is 0.244. The molecular formula is C19H10BrCl2N. The van der Waals surface area contributed by atoms with Crippen LogP contribution in [0.5, 0.6) is 0 Å². The van der Waals surface area contributed by atoms with Crippen LogP contribution in [0.3, 0.4) is 0 Å². The SMILES string of the molecule is Clc1cc(-c2c3ccccc3c(Br)c3ccccc23)cc(Cl)n1. The van der Waals surface area contributed by atoms with Gasteiger partial charge < -0.3 is 0 Å². The molecule has 0 saturated carbocycles. The molecule has 0 amide bonds. The van der Waals surface area contributed by atoms with Crippen LogP contribution >= 0.6 is 39.1 Å². The molecule has 0 radical (unpaired) electrons. The first kappa shape index (κ1) is 14.9. The summed E-state index contributed by atoms with van der Waals surface area (Å²) in [5, 5.41) is 5.40. The molecule has 0 aliphatic carbocycles.